The Hall–Kier alpha value is -1.45. The van der Waals surface area contributed by atoms with Gasteiger partial charge in [0.1, 0.15) is 5.75 Å². The number of hydrogen-bond donors (Lipinski definition) is 2. The molecule has 2 rings (SSSR count). The maximum Gasteiger partial charge on any atom is 0.115 e. The number of thioether (sulfide) groups is 1. The van der Waals surface area contributed by atoms with Crippen LogP contribution in [0.3, 0.4) is 0 Å². The first-order chi connectivity index (χ1) is 10.2. The van der Waals surface area contributed by atoms with Crippen LogP contribution in [0.2, 0.25) is 0 Å². The van der Waals surface area contributed by atoms with Crippen molar-refractivity contribution >= 4 is 11.8 Å². The lowest BCUT2D eigenvalue weighted by Gasteiger charge is -2.14. The van der Waals surface area contributed by atoms with E-state index in [1.165, 1.54) is 16.0 Å². The molecule has 1 unspecified atom stereocenters. The second-order valence-corrected chi connectivity index (χ2v) is 6.25. The molecule has 0 amide bonds. The Labute approximate surface area is 131 Å². The van der Waals surface area contributed by atoms with Gasteiger partial charge in [-0.3, -0.25) is 0 Å². The quantitative estimate of drug-likeness (QED) is 0.724. The van der Waals surface area contributed by atoms with Gasteiger partial charge in [-0.15, -0.1) is 11.8 Å². The minimum Gasteiger partial charge on any atom is -0.508 e. The molecule has 21 heavy (non-hydrogen) atoms. The summed E-state index contributed by atoms with van der Waals surface area (Å²) in [6.45, 7) is 5.44. The fraction of sp³-hybridized carbons (Fsp3) is 0.333. The van der Waals surface area contributed by atoms with Crippen LogP contribution in [0, 0.1) is 0 Å². The van der Waals surface area contributed by atoms with Gasteiger partial charge < -0.3 is 10.4 Å². The van der Waals surface area contributed by atoms with Gasteiger partial charge in [-0.25, -0.2) is 0 Å². The Bertz CT molecular complexity index is 536. The highest BCUT2D eigenvalue weighted by molar-refractivity contribution is 7.98. The van der Waals surface area contributed by atoms with Gasteiger partial charge in [-0.2, -0.15) is 0 Å². The molecule has 0 spiro atoms. The first kappa shape index (κ1) is 15.9. The number of phenolic OH excluding ortho intramolecular Hbond substituents is 1. The number of aromatic hydroxyl groups is 1. The lowest BCUT2D eigenvalue weighted by Crippen LogP contribution is -2.19. The number of rotatable bonds is 7. The van der Waals surface area contributed by atoms with Crippen molar-refractivity contribution in [2.24, 2.45) is 0 Å². The van der Waals surface area contributed by atoms with Crippen LogP contribution >= 0.6 is 11.8 Å². The number of nitrogens with one attached hydrogen (secondary N) is 1. The zero-order chi connectivity index (χ0) is 15.1. The fourth-order valence-electron chi connectivity index (χ4n) is 2.09. The van der Waals surface area contributed by atoms with E-state index in [1.807, 2.05) is 23.9 Å². The molecule has 112 valence electrons. The van der Waals surface area contributed by atoms with Crippen molar-refractivity contribution in [1.29, 1.82) is 0 Å². The van der Waals surface area contributed by atoms with Gasteiger partial charge in [0, 0.05) is 16.7 Å². The Morgan fingerprint density at radius 1 is 1.05 bits per heavy atom. The second kappa shape index (κ2) is 8.11. The minimum atomic E-state index is 0.321. The lowest BCUT2D eigenvalue weighted by molar-refractivity contribution is 0.475. The fourth-order valence-corrected chi connectivity index (χ4v) is 2.94. The van der Waals surface area contributed by atoms with Crippen LogP contribution < -0.4 is 5.32 Å². The maximum atomic E-state index is 9.27. The average Bonchev–Trinajstić information content (AvgIpc) is 2.52. The topological polar surface area (TPSA) is 32.3 Å². The van der Waals surface area contributed by atoms with E-state index in [9.17, 15) is 5.11 Å². The van der Waals surface area contributed by atoms with Crippen molar-refractivity contribution in [2.75, 3.05) is 6.54 Å². The largest absolute Gasteiger partial charge is 0.508 e. The first-order valence-corrected chi connectivity index (χ1v) is 8.41. The third-order valence-corrected chi connectivity index (χ3v) is 4.51. The van der Waals surface area contributed by atoms with Crippen molar-refractivity contribution in [3.05, 3.63) is 59.7 Å². The molecule has 0 saturated carbocycles. The number of phenols is 1. The molecule has 3 heteroatoms. The van der Waals surface area contributed by atoms with Crippen molar-refractivity contribution in [3.63, 3.8) is 0 Å². The third-order valence-electron chi connectivity index (χ3n) is 3.42. The predicted molar refractivity (Wildman–Crippen MR) is 90.8 cm³/mol. The zero-order valence-electron chi connectivity index (χ0n) is 12.7. The zero-order valence-corrected chi connectivity index (χ0v) is 13.5. The van der Waals surface area contributed by atoms with Crippen LogP contribution in [0.4, 0.5) is 0 Å². The molecular formula is C18H23NOS. The van der Waals surface area contributed by atoms with E-state index in [-0.39, 0.29) is 0 Å². The van der Waals surface area contributed by atoms with E-state index in [0.29, 0.717) is 11.8 Å². The highest BCUT2D eigenvalue weighted by Gasteiger charge is 2.04. The molecular weight excluding hydrogens is 278 g/mol. The van der Waals surface area contributed by atoms with E-state index in [2.05, 4.69) is 43.4 Å². The lowest BCUT2D eigenvalue weighted by atomic mass is 10.1. The van der Waals surface area contributed by atoms with E-state index < -0.39 is 0 Å². The number of hydrogen-bond acceptors (Lipinski definition) is 3. The van der Waals surface area contributed by atoms with Crippen LogP contribution in [0.15, 0.2) is 53.4 Å². The molecule has 0 aliphatic carbocycles. The minimum absolute atomic E-state index is 0.321. The second-order valence-electron chi connectivity index (χ2n) is 5.20. The smallest absolute Gasteiger partial charge is 0.115 e. The summed E-state index contributed by atoms with van der Waals surface area (Å²) >= 11 is 1.82. The molecule has 0 heterocycles. The molecule has 2 aromatic rings. The molecule has 2 nitrogen and oxygen atoms in total. The average molecular weight is 301 g/mol. The summed E-state index contributed by atoms with van der Waals surface area (Å²) < 4.78 is 0. The van der Waals surface area contributed by atoms with Crippen molar-refractivity contribution in [3.8, 4) is 5.75 Å². The molecule has 0 aromatic heterocycles. The molecule has 0 radical (unpaired) electrons. The molecule has 1 atom stereocenters. The van der Waals surface area contributed by atoms with Gasteiger partial charge in [-0.1, -0.05) is 31.2 Å². The highest BCUT2D eigenvalue weighted by Crippen LogP contribution is 2.25. The molecule has 0 fully saturated rings. The normalized spacial score (nSPS) is 12.3. The van der Waals surface area contributed by atoms with E-state index in [4.69, 9.17) is 0 Å². The summed E-state index contributed by atoms with van der Waals surface area (Å²) in [6.07, 6.45) is 1.16. The van der Waals surface area contributed by atoms with Crippen LogP contribution in [-0.4, -0.2) is 11.7 Å². The summed E-state index contributed by atoms with van der Waals surface area (Å²) in [5.41, 5.74) is 2.55. The van der Waals surface area contributed by atoms with Gasteiger partial charge in [0.15, 0.2) is 0 Å². The summed E-state index contributed by atoms with van der Waals surface area (Å²) in [7, 11) is 0. The number of benzene rings is 2. The van der Waals surface area contributed by atoms with Crippen LogP contribution in [0.5, 0.6) is 5.75 Å². The summed E-state index contributed by atoms with van der Waals surface area (Å²) in [5, 5.41) is 12.8. The SMILES string of the molecule is CCCNC(C)c1ccc(SCc2ccc(O)cc2)cc1. The molecule has 0 aliphatic heterocycles. The Kier molecular flexibility index (Phi) is 6.15. The van der Waals surface area contributed by atoms with Crippen LogP contribution in [-0.2, 0) is 5.75 Å². The predicted octanol–water partition coefficient (Wildman–Crippen LogP) is 4.75. The summed E-state index contributed by atoms with van der Waals surface area (Å²) in [4.78, 5) is 1.27. The first-order valence-electron chi connectivity index (χ1n) is 7.43. The molecule has 0 saturated heterocycles. The Morgan fingerprint density at radius 3 is 2.33 bits per heavy atom. The van der Waals surface area contributed by atoms with Gasteiger partial charge >= 0.3 is 0 Å². The van der Waals surface area contributed by atoms with Crippen LogP contribution in [0.1, 0.15) is 37.4 Å². The van der Waals surface area contributed by atoms with Crippen molar-refractivity contribution in [1.82, 2.24) is 5.32 Å². The van der Waals surface area contributed by atoms with Gasteiger partial charge in [0.05, 0.1) is 0 Å². The third kappa shape index (κ3) is 5.10. The van der Waals surface area contributed by atoms with Crippen molar-refractivity contribution in [2.45, 2.75) is 37.0 Å². The molecule has 2 N–H and O–H groups in total. The standard InChI is InChI=1S/C18H23NOS/c1-3-12-19-14(2)16-6-10-18(11-7-16)21-13-15-4-8-17(20)9-5-15/h4-11,14,19-20H,3,12-13H2,1-2H3. The highest BCUT2D eigenvalue weighted by atomic mass is 32.2. The molecule has 2 aromatic carbocycles. The Morgan fingerprint density at radius 2 is 1.71 bits per heavy atom. The van der Waals surface area contributed by atoms with Crippen LogP contribution in [0.25, 0.3) is 0 Å². The van der Waals surface area contributed by atoms with Gasteiger partial charge in [0.25, 0.3) is 0 Å². The molecule has 0 aliphatic rings. The van der Waals surface area contributed by atoms with E-state index in [0.717, 1.165) is 18.7 Å². The summed E-state index contributed by atoms with van der Waals surface area (Å²) in [6, 6.07) is 16.6. The monoisotopic (exact) mass is 301 g/mol. The van der Waals surface area contributed by atoms with Gasteiger partial charge in [-0.05, 0) is 55.3 Å². The Balaban J connectivity index is 1.88. The molecule has 0 bridgehead atoms. The van der Waals surface area contributed by atoms with E-state index >= 15 is 0 Å². The van der Waals surface area contributed by atoms with Gasteiger partial charge in [0.2, 0.25) is 0 Å². The van der Waals surface area contributed by atoms with E-state index in [1.54, 1.807) is 12.1 Å². The summed E-state index contributed by atoms with van der Waals surface area (Å²) in [5.74, 6) is 1.24. The maximum absolute atomic E-state index is 9.27. The van der Waals surface area contributed by atoms with Crippen molar-refractivity contribution < 1.29 is 5.11 Å².